The standard InChI is InChI=1S/C14H34OSi4/c1-13(2)12-15-16-14(17(3,4)5,18(6,7)8)19(9,10)11/h12H,1-11H3. The van der Waals surface area contributed by atoms with E-state index in [9.17, 15) is 0 Å². The molecule has 0 aromatic carbocycles. The van der Waals surface area contributed by atoms with Crippen LogP contribution >= 0.6 is 0 Å². The minimum Gasteiger partial charge on any atom is -0.547 e. The molecule has 0 aliphatic rings. The summed E-state index contributed by atoms with van der Waals surface area (Å²) < 4.78 is 6.64. The second kappa shape index (κ2) is 6.03. The van der Waals surface area contributed by atoms with Gasteiger partial charge in [-0.15, -0.1) is 0 Å². The van der Waals surface area contributed by atoms with Crippen LogP contribution < -0.4 is 0 Å². The van der Waals surface area contributed by atoms with Crippen LogP contribution in [0.4, 0.5) is 0 Å². The van der Waals surface area contributed by atoms with Crippen LogP contribution in [0.15, 0.2) is 11.8 Å². The Morgan fingerprint density at radius 2 is 1.11 bits per heavy atom. The first-order chi connectivity index (χ1) is 8.17. The van der Waals surface area contributed by atoms with Crippen molar-refractivity contribution in [1.82, 2.24) is 0 Å². The van der Waals surface area contributed by atoms with Crippen LogP contribution in [-0.4, -0.2) is 34.0 Å². The molecule has 5 heteroatoms. The first kappa shape index (κ1) is 19.4. The Labute approximate surface area is 127 Å². The van der Waals surface area contributed by atoms with Gasteiger partial charge < -0.3 is 4.43 Å². The lowest BCUT2D eigenvalue weighted by Crippen LogP contribution is -2.68. The normalized spacial score (nSPS) is 14.3. The predicted octanol–water partition coefficient (Wildman–Crippen LogP) is 5.34. The van der Waals surface area contributed by atoms with E-state index < -0.39 is 24.2 Å². The highest BCUT2D eigenvalue weighted by atomic mass is 28.5. The highest BCUT2D eigenvalue weighted by molar-refractivity contribution is 7.22. The van der Waals surface area contributed by atoms with Crippen molar-refractivity contribution in [3.63, 3.8) is 0 Å². The molecule has 19 heavy (non-hydrogen) atoms. The molecule has 0 N–H and O–H groups in total. The Bertz CT molecular complexity index is 289. The Balaban J connectivity index is 5.76. The third-order valence-electron chi connectivity index (χ3n) is 3.88. The van der Waals surface area contributed by atoms with E-state index in [-0.39, 0.29) is 0 Å². The zero-order valence-electron chi connectivity index (χ0n) is 15.0. The molecule has 0 saturated heterocycles. The van der Waals surface area contributed by atoms with Crippen molar-refractivity contribution in [2.45, 2.75) is 76.7 Å². The van der Waals surface area contributed by atoms with Crippen molar-refractivity contribution in [3.05, 3.63) is 11.8 Å². The van der Waals surface area contributed by atoms with Gasteiger partial charge in [-0.2, -0.15) is 0 Å². The van der Waals surface area contributed by atoms with E-state index in [0.717, 1.165) is 0 Å². The third kappa shape index (κ3) is 4.19. The summed E-state index contributed by atoms with van der Waals surface area (Å²) in [5.74, 6) is 0. The summed E-state index contributed by atoms with van der Waals surface area (Å²) in [5, 5.41) is 0. The van der Waals surface area contributed by atoms with Crippen LogP contribution in [0.5, 0.6) is 0 Å². The molecule has 0 rings (SSSR count). The molecule has 0 amide bonds. The smallest absolute Gasteiger partial charge is 0.307 e. The molecule has 0 saturated carbocycles. The number of hydrogen-bond acceptors (Lipinski definition) is 1. The summed E-state index contributed by atoms with van der Waals surface area (Å²) in [6.45, 7) is 27.3. The third-order valence-corrected chi connectivity index (χ3v) is 32.3. The maximum absolute atomic E-state index is 6.11. The topological polar surface area (TPSA) is 9.23 Å². The summed E-state index contributed by atoms with van der Waals surface area (Å²) >= 11 is 0. The first-order valence-electron chi connectivity index (χ1n) is 7.23. The molecule has 0 unspecified atom stereocenters. The van der Waals surface area contributed by atoms with Crippen molar-refractivity contribution >= 4 is 34.0 Å². The summed E-state index contributed by atoms with van der Waals surface area (Å²) in [6, 6.07) is 0. The van der Waals surface area contributed by atoms with Crippen molar-refractivity contribution in [3.8, 4) is 0 Å². The highest BCUT2D eigenvalue weighted by Gasteiger charge is 2.61. The minimum absolute atomic E-state index is 0.527. The quantitative estimate of drug-likeness (QED) is 0.472. The molecule has 0 aromatic heterocycles. The van der Waals surface area contributed by atoms with Crippen LogP contribution in [0.3, 0.4) is 0 Å². The van der Waals surface area contributed by atoms with E-state index in [2.05, 4.69) is 72.8 Å². The average molecular weight is 331 g/mol. The van der Waals surface area contributed by atoms with E-state index in [0.29, 0.717) is 13.7 Å². The molecule has 1 nitrogen and oxygen atoms in total. The van der Waals surface area contributed by atoms with Gasteiger partial charge in [0, 0.05) is 24.2 Å². The van der Waals surface area contributed by atoms with Gasteiger partial charge >= 0.3 is 9.76 Å². The summed E-state index contributed by atoms with van der Waals surface area (Å²) in [6.07, 6.45) is 1.98. The van der Waals surface area contributed by atoms with Gasteiger partial charge in [0.15, 0.2) is 0 Å². The maximum atomic E-state index is 6.11. The number of hydrogen-bond donors (Lipinski definition) is 0. The molecule has 0 aliphatic carbocycles. The minimum atomic E-state index is -1.30. The van der Waals surface area contributed by atoms with Gasteiger partial charge in [0.25, 0.3) is 0 Å². The van der Waals surface area contributed by atoms with Crippen LogP contribution in [0.1, 0.15) is 13.8 Å². The van der Waals surface area contributed by atoms with Crippen LogP contribution in [0.25, 0.3) is 0 Å². The SMILES string of the molecule is CC(C)=CO[Si]C([Si](C)(C)C)([Si](C)(C)C)[Si](C)(C)C. The Kier molecular flexibility index (Phi) is 6.16. The zero-order valence-corrected chi connectivity index (χ0v) is 19.0. The second-order valence-electron chi connectivity index (χ2n) is 8.92. The van der Waals surface area contributed by atoms with E-state index in [1.165, 1.54) is 5.57 Å². The monoisotopic (exact) mass is 330 g/mol. The van der Waals surface area contributed by atoms with Gasteiger partial charge in [-0.25, -0.2) is 0 Å². The molecule has 0 aliphatic heterocycles. The molecule has 0 atom stereocenters. The van der Waals surface area contributed by atoms with Crippen molar-refractivity contribution < 1.29 is 4.43 Å². The summed E-state index contributed by atoms with van der Waals surface area (Å²) in [4.78, 5) is 0. The number of rotatable bonds is 6. The molecule has 2 radical (unpaired) electrons. The van der Waals surface area contributed by atoms with Crippen molar-refractivity contribution in [2.24, 2.45) is 0 Å². The lowest BCUT2D eigenvalue weighted by atomic mass is 10.4. The summed E-state index contributed by atoms with van der Waals surface area (Å²) in [5.41, 5.74) is 1.27. The van der Waals surface area contributed by atoms with E-state index in [4.69, 9.17) is 4.43 Å². The lowest BCUT2D eigenvalue weighted by molar-refractivity contribution is 0.503. The van der Waals surface area contributed by atoms with Crippen LogP contribution in [-0.2, 0) is 4.43 Å². The maximum Gasteiger partial charge on any atom is 0.307 e. The summed E-state index contributed by atoms with van der Waals surface area (Å²) in [7, 11) is -3.25. The molecule has 0 aromatic rings. The molecule has 0 fully saturated rings. The average Bonchev–Trinajstić information content (AvgIpc) is 2.04. The fraction of sp³-hybridized carbons (Fsp3) is 0.857. The van der Waals surface area contributed by atoms with Gasteiger partial charge in [0.1, 0.15) is 0 Å². The Morgan fingerprint density at radius 3 is 1.32 bits per heavy atom. The van der Waals surface area contributed by atoms with Crippen molar-refractivity contribution in [1.29, 1.82) is 0 Å². The van der Waals surface area contributed by atoms with Gasteiger partial charge in [-0.05, 0) is 23.3 Å². The van der Waals surface area contributed by atoms with Crippen molar-refractivity contribution in [2.75, 3.05) is 0 Å². The molecule has 0 heterocycles. The molecule has 0 bridgehead atoms. The van der Waals surface area contributed by atoms with Crippen LogP contribution in [0, 0.1) is 0 Å². The highest BCUT2D eigenvalue weighted by Crippen LogP contribution is 2.52. The van der Waals surface area contributed by atoms with Gasteiger partial charge in [0.2, 0.25) is 0 Å². The fourth-order valence-corrected chi connectivity index (χ4v) is 35.7. The molecular formula is C14H34OSi4. The second-order valence-corrected chi connectivity index (χ2v) is 28.9. The van der Waals surface area contributed by atoms with Gasteiger partial charge in [0.05, 0.1) is 6.26 Å². The van der Waals surface area contributed by atoms with Gasteiger partial charge in [-0.1, -0.05) is 58.9 Å². The van der Waals surface area contributed by atoms with Gasteiger partial charge in [-0.3, -0.25) is 0 Å². The van der Waals surface area contributed by atoms with E-state index in [1.54, 1.807) is 0 Å². The molecular weight excluding hydrogens is 296 g/mol. The Hall–Kier alpha value is 0.408. The first-order valence-corrected chi connectivity index (χ1v) is 18.6. The van der Waals surface area contributed by atoms with Crippen LogP contribution in [0.2, 0.25) is 62.8 Å². The lowest BCUT2D eigenvalue weighted by Gasteiger charge is -2.57. The number of allylic oxidation sites excluding steroid dienone is 1. The predicted molar refractivity (Wildman–Crippen MR) is 99.0 cm³/mol. The van der Waals surface area contributed by atoms with E-state index in [1.807, 2.05) is 6.26 Å². The fourth-order valence-electron chi connectivity index (χ4n) is 4.07. The zero-order chi connectivity index (χ0) is 15.7. The molecule has 0 spiro atoms. The Morgan fingerprint density at radius 1 is 0.789 bits per heavy atom. The molecule has 112 valence electrons. The van der Waals surface area contributed by atoms with E-state index >= 15 is 0 Å². The largest absolute Gasteiger partial charge is 0.547 e.